The Morgan fingerprint density at radius 3 is 0.610 bits per heavy atom. The fraction of sp³-hybridized carbons (Fsp3) is 0.866. The summed E-state index contributed by atoms with van der Waals surface area (Å²) in [6.45, 7) is 9.01. The Balaban J connectivity index is -0.000000495. The van der Waals surface area contributed by atoms with Crippen molar-refractivity contribution in [3.05, 3.63) is 36.5 Å². The van der Waals surface area contributed by atoms with E-state index in [1.165, 1.54) is 248 Å². The first-order valence-corrected chi connectivity index (χ1v) is 36.5. The van der Waals surface area contributed by atoms with E-state index in [1.807, 2.05) is 0 Å². The molecule has 0 N–H and O–H groups in total. The summed E-state index contributed by atoms with van der Waals surface area (Å²) in [7, 11) is 0. The molecule has 0 saturated heterocycles. The number of allylic oxidation sites excluding steroid dienone is 6. The van der Waals surface area contributed by atoms with E-state index >= 15 is 0 Å². The number of hydrogen-bond acceptors (Lipinski definition) is 9. The van der Waals surface area contributed by atoms with E-state index in [0.717, 1.165) is 38.5 Å². The van der Waals surface area contributed by atoms with Crippen LogP contribution in [0.25, 0.3) is 0 Å². The molecule has 0 aliphatic heterocycles. The molecule has 6 nitrogen and oxygen atoms in total. The number of carbonyl (C=O) groups is 3. The first-order valence-electron chi connectivity index (χ1n) is 32.6. The minimum absolute atomic E-state index is 0.370. The fourth-order valence-corrected chi connectivity index (χ4v) is 10.9. The zero-order valence-electron chi connectivity index (χ0n) is 51.0. The van der Waals surface area contributed by atoms with Gasteiger partial charge in [0, 0.05) is 35.7 Å². The monoisotopic (exact) mass is 1240 g/mol. The number of carboxylic acid groups (broad SMARTS) is 3. The summed E-state index contributed by atoms with van der Waals surface area (Å²) in [6.07, 6.45) is 72.7. The Bertz CT molecular complexity index is 1100. The molecule has 0 aliphatic carbocycles. The van der Waals surface area contributed by atoms with Crippen molar-refractivity contribution in [2.75, 3.05) is 17.3 Å². The molecule has 0 aliphatic rings. The van der Waals surface area contributed by atoms with Crippen LogP contribution in [0.15, 0.2) is 36.5 Å². The second-order valence-corrected chi connectivity index (χ2v) is 24.4. The Morgan fingerprint density at radius 2 is 0.468 bits per heavy atom. The van der Waals surface area contributed by atoms with Crippen LogP contribution >= 0.6 is 37.9 Å². The van der Waals surface area contributed by atoms with Crippen LogP contribution in [0.2, 0.25) is 4.44 Å². The van der Waals surface area contributed by atoms with E-state index in [2.05, 4.69) is 102 Å². The molecule has 3 atom stereocenters. The quantitative estimate of drug-likeness (QED) is 0.0241. The fourth-order valence-electron chi connectivity index (χ4n) is 8.94. The molecule has 0 aromatic carbocycles. The second-order valence-electron chi connectivity index (χ2n) is 21.9. The summed E-state index contributed by atoms with van der Waals surface area (Å²) in [5.41, 5.74) is 0. The molecule has 3 unspecified atom stereocenters. The third-order valence-electron chi connectivity index (χ3n) is 14.4. The molecule has 0 heterocycles. The van der Waals surface area contributed by atoms with Gasteiger partial charge in [0.25, 0.3) is 0 Å². The maximum absolute atomic E-state index is 10.8. The van der Waals surface area contributed by atoms with Crippen molar-refractivity contribution in [3.63, 3.8) is 0 Å². The van der Waals surface area contributed by atoms with Crippen molar-refractivity contribution >= 4 is 78.3 Å². The number of unbranched alkanes of at least 4 members (excludes halogenated alkanes) is 37. The van der Waals surface area contributed by atoms with Gasteiger partial charge in [0.1, 0.15) is 0 Å². The summed E-state index contributed by atoms with van der Waals surface area (Å²) in [5, 5.41) is 32.3. The van der Waals surface area contributed by atoms with Gasteiger partial charge >= 0.3 is 46.7 Å². The Hall–Kier alpha value is -0.521. The number of hydrogen-bond donors (Lipinski definition) is 3. The van der Waals surface area contributed by atoms with Crippen LogP contribution in [0.5, 0.6) is 0 Å². The Kier molecular flexibility index (Phi) is 81.3. The Labute approximate surface area is 509 Å². The third kappa shape index (κ3) is 75.5. The van der Waals surface area contributed by atoms with Gasteiger partial charge in [-0.2, -0.15) is 37.9 Å². The normalized spacial score (nSPS) is 12.5. The molecule has 0 aromatic heterocycles. The molecule has 0 bridgehead atoms. The van der Waals surface area contributed by atoms with Crippen LogP contribution in [0.4, 0.5) is 0 Å². The van der Waals surface area contributed by atoms with Crippen LogP contribution in [0.3, 0.4) is 0 Å². The summed E-state index contributed by atoms with van der Waals surface area (Å²) in [4.78, 5) is 32.3. The topological polar surface area (TPSA) is 120 Å². The predicted octanol–water partition coefficient (Wildman–Crippen LogP) is 18.5. The SMILES string of the molecule is CCCCCCCC/C=C\CCCCCCCCC(CS)C(=O)[O-].CCCCCCCC/C=C\CCCCCCCCC(CS)C(=O)[O-].CCCCCCCC/C=C\CCCCCCCCC(CS)C(=O)[O-].CCC[CH2][Sn+3]. The second kappa shape index (κ2) is 75.5. The van der Waals surface area contributed by atoms with E-state index in [-0.39, 0.29) is 17.8 Å². The van der Waals surface area contributed by atoms with Gasteiger partial charge in [-0.15, -0.1) is 0 Å². The van der Waals surface area contributed by atoms with E-state index in [1.54, 1.807) is 22.5 Å². The first-order chi connectivity index (χ1) is 37.6. The summed E-state index contributed by atoms with van der Waals surface area (Å²) in [6, 6.07) is 0. The van der Waals surface area contributed by atoms with Crippen LogP contribution in [0, 0.1) is 17.8 Å². The van der Waals surface area contributed by atoms with Crippen molar-refractivity contribution in [3.8, 4) is 0 Å². The molecule has 452 valence electrons. The molecule has 10 heteroatoms. The molecule has 0 saturated carbocycles. The van der Waals surface area contributed by atoms with Crippen LogP contribution in [-0.4, -0.2) is 57.7 Å². The third-order valence-corrected chi connectivity index (χ3v) is 16.7. The van der Waals surface area contributed by atoms with E-state index in [9.17, 15) is 29.7 Å². The Morgan fingerprint density at radius 1 is 0.299 bits per heavy atom. The zero-order valence-corrected chi connectivity index (χ0v) is 56.6. The first kappa shape index (κ1) is 82.9. The van der Waals surface area contributed by atoms with Gasteiger partial charge < -0.3 is 29.7 Å². The predicted molar refractivity (Wildman–Crippen MR) is 345 cm³/mol. The summed E-state index contributed by atoms with van der Waals surface area (Å²) in [5.74, 6) is -2.76. The zero-order chi connectivity index (χ0) is 57.8. The molecule has 0 fully saturated rings. The van der Waals surface area contributed by atoms with Crippen molar-refractivity contribution in [2.24, 2.45) is 17.8 Å². The van der Waals surface area contributed by atoms with Gasteiger partial charge in [0.05, 0.1) is 0 Å². The number of thiol groups is 3. The van der Waals surface area contributed by atoms with E-state index in [4.69, 9.17) is 0 Å². The molecule has 77 heavy (non-hydrogen) atoms. The maximum atomic E-state index is 10.8. The molecule has 0 rings (SSSR count). The average Bonchev–Trinajstić information content (AvgIpc) is 3.42. The molecule has 0 aromatic rings. The molecular weight excluding hydrogens is 1120 g/mol. The minimum atomic E-state index is -0.947. The van der Waals surface area contributed by atoms with Crippen molar-refractivity contribution in [1.29, 1.82) is 0 Å². The standard InChI is InChI=1S/3C21H40O2S.C4H9.Sn/c3*1-2-3-4-5-6-7-8-9-10-11-12-13-14-15-16-17-18-20(19-24)21(22)23;1-3-4-2;/h3*9-10,20,24H,2-8,11-19H2,1H3,(H,22,23);1,3-4H2,2H3;/q;;;;+3/p-3/b3*10-9-;;. The molecule has 0 spiro atoms. The number of rotatable bonds is 56. The van der Waals surface area contributed by atoms with Gasteiger partial charge in [-0.25, -0.2) is 0 Å². The summed E-state index contributed by atoms with van der Waals surface area (Å²) >= 11 is 13.9. The van der Waals surface area contributed by atoms with Crippen LogP contribution in [0.1, 0.15) is 329 Å². The number of carbonyl (C=O) groups excluding carboxylic acids is 3. The number of carboxylic acids is 3. The van der Waals surface area contributed by atoms with Gasteiger partial charge in [0.2, 0.25) is 0 Å². The summed E-state index contributed by atoms with van der Waals surface area (Å²) < 4.78 is 1.43. The van der Waals surface area contributed by atoms with E-state index < -0.39 is 17.9 Å². The van der Waals surface area contributed by atoms with Crippen molar-refractivity contribution in [1.82, 2.24) is 0 Å². The van der Waals surface area contributed by atoms with Gasteiger partial charge in [-0.05, 0) is 114 Å². The molecule has 0 amide bonds. The van der Waals surface area contributed by atoms with E-state index in [0.29, 0.717) is 36.5 Å². The van der Waals surface area contributed by atoms with Gasteiger partial charge in [0.15, 0.2) is 0 Å². The van der Waals surface area contributed by atoms with Gasteiger partial charge in [-0.1, -0.05) is 250 Å². The number of aliphatic carboxylic acids is 3. The van der Waals surface area contributed by atoms with Crippen LogP contribution in [-0.2, 0) is 14.4 Å². The van der Waals surface area contributed by atoms with Crippen LogP contribution < -0.4 is 15.3 Å². The average molecular weight is 1240 g/mol. The molecular formula is C67H126O6S3Sn. The van der Waals surface area contributed by atoms with Gasteiger partial charge in [-0.3, -0.25) is 0 Å². The van der Waals surface area contributed by atoms with Crippen molar-refractivity contribution < 1.29 is 29.7 Å². The molecule has 0 radical (unpaired) electrons. The van der Waals surface area contributed by atoms with Crippen molar-refractivity contribution in [2.45, 2.75) is 334 Å².